The van der Waals surface area contributed by atoms with Crippen molar-refractivity contribution in [3.8, 4) is 5.75 Å². The van der Waals surface area contributed by atoms with Gasteiger partial charge in [-0.05, 0) is 26.3 Å². The Balaban J connectivity index is 2.91. The number of nitrogens with zero attached hydrogens (tertiary/aromatic N) is 3. The van der Waals surface area contributed by atoms with E-state index in [4.69, 9.17) is 15.0 Å². The number of esters is 1. The standard InChI is InChI=1S/C17H22N4O6/c1-10(2)27-17(25)13(5-4-11(22)8-20-18)21-16(24)15(23)12-6-7-19-9-14(12)26-3/h6-10,13,15,23H,4-5H2,1-3H3,(H,21,24)/t13-,15+/m0/s1. The largest absolute Gasteiger partial charge is 0.495 e. The number of Topliss-reactive ketones (excluding diaryl/α,β-unsaturated/α-hetero) is 1. The topological polar surface area (TPSA) is 151 Å². The molecule has 1 amide bonds. The van der Waals surface area contributed by atoms with Crippen molar-refractivity contribution in [3.05, 3.63) is 29.6 Å². The maximum Gasteiger partial charge on any atom is 0.328 e. The SMILES string of the molecule is COc1cnccc1[C@@H](O)C(=O)N[C@@H](CCC(=O)C=[N+]=[N-])C(=O)OC(C)C. The van der Waals surface area contributed by atoms with Crippen molar-refractivity contribution >= 4 is 23.9 Å². The van der Waals surface area contributed by atoms with Gasteiger partial charge in [-0.3, -0.25) is 14.6 Å². The molecule has 0 saturated heterocycles. The van der Waals surface area contributed by atoms with Crippen LogP contribution in [0.5, 0.6) is 5.75 Å². The second-order valence-corrected chi connectivity index (χ2v) is 5.82. The number of carbonyl (C=O) groups excluding carboxylic acids is 3. The van der Waals surface area contributed by atoms with Crippen molar-refractivity contribution in [1.29, 1.82) is 0 Å². The summed E-state index contributed by atoms with van der Waals surface area (Å²) in [5, 5.41) is 12.7. The molecule has 0 fully saturated rings. The third-order valence-electron chi connectivity index (χ3n) is 3.41. The molecule has 1 aromatic rings. The molecular formula is C17H22N4O6. The molecule has 0 aliphatic rings. The molecule has 146 valence electrons. The van der Waals surface area contributed by atoms with Crippen LogP contribution in [0.15, 0.2) is 18.5 Å². The molecule has 0 radical (unpaired) electrons. The molecule has 0 aromatic carbocycles. The van der Waals surface area contributed by atoms with Crippen molar-refractivity contribution in [3.63, 3.8) is 0 Å². The molecule has 1 heterocycles. The molecule has 2 N–H and O–H groups in total. The Labute approximate surface area is 156 Å². The number of hydrogen-bond acceptors (Lipinski definition) is 7. The van der Waals surface area contributed by atoms with Crippen molar-refractivity contribution in [1.82, 2.24) is 10.3 Å². The van der Waals surface area contributed by atoms with Crippen LogP contribution in [0.25, 0.3) is 5.53 Å². The van der Waals surface area contributed by atoms with Crippen molar-refractivity contribution in [2.45, 2.75) is 44.9 Å². The number of amides is 1. The van der Waals surface area contributed by atoms with Crippen LogP contribution in [0, 0.1) is 0 Å². The minimum atomic E-state index is -1.62. The van der Waals surface area contributed by atoms with Gasteiger partial charge in [-0.1, -0.05) is 0 Å². The Hall–Kier alpha value is -3.10. The van der Waals surface area contributed by atoms with Crippen molar-refractivity contribution in [2.24, 2.45) is 0 Å². The molecule has 1 aromatic heterocycles. The lowest BCUT2D eigenvalue weighted by Crippen LogP contribution is -2.44. The number of ketones is 1. The molecule has 0 unspecified atom stereocenters. The zero-order valence-corrected chi connectivity index (χ0v) is 15.3. The lowest BCUT2D eigenvalue weighted by atomic mass is 10.1. The van der Waals surface area contributed by atoms with Gasteiger partial charge in [0.25, 0.3) is 5.91 Å². The molecule has 0 aliphatic carbocycles. The zero-order valence-electron chi connectivity index (χ0n) is 15.3. The summed E-state index contributed by atoms with van der Waals surface area (Å²) in [5.74, 6) is -1.95. The van der Waals surface area contributed by atoms with Crippen LogP contribution in [0.4, 0.5) is 0 Å². The highest BCUT2D eigenvalue weighted by atomic mass is 16.5. The number of pyridine rings is 1. The van der Waals surface area contributed by atoms with Gasteiger partial charge in [0.1, 0.15) is 11.8 Å². The molecule has 2 atom stereocenters. The smallest absolute Gasteiger partial charge is 0.328 e. The van der Waals surface area contributed by atoms with E-state index >= 15 is 0 Å². The second-order valence-electron chi connectivity index (χ2n) is 5.82. The van der Waals surface area contributed by atoms with Crippen LogP contribution >= 0.6 is 0 Å². The lowest BCUT2D eigenvalue weighted by molar-refractivity contribution is -0.152. The molecule has 0 bridgehead atoms. The summed E-state index contributed by atoms with van der Waals surface area (Å²) < 4.78 is 10.1. The number of rotatable bonds is 10. The first-order valence-electron chi connectivity index (χ1n) is 8.17. The highest BCUT2D eigenvalue weighted by Gasteiger charge is 2.29. The molecular weight excluding hydrogens is 356 g/mol. The molecule has 1 rings (SSSR count). The second kappa shape index (κ2) is 10.8. The van der Waals surface area contributed by atoms with Crippen LogP contribution in [-0.4, -0.2) is 58.0 Å². The average Bonchev–Trinajstić information content (AvgIpc) is 2.63. The number of methoxy groups -OCH3 is 1. The minimum absolute atomic E-state index is 0.0949. The fourth-order valence-electron chi connectivity index (χ4n) is 2.16. The first-order chi connectivity index (χ1) is 12.8. The van der Waals surface area contributed by atoms with E-state index in [1.54, 1.807) is 13.8 Å². The summed E-state index contributed by atoms with van der Waals surface area (Å²) in [7, 11) is 1.36. The molecule has 0 saturated carbocycles. The van der Waals surface area contributed by atoms with Gasteiger partial charge in [-0.15, -0.1) is 0 Å². The third kappa shape index (κ3) is 6.96. The van der Waals surface area contributed by atoms with Gasteiger partial charge in [-0.25, -0.2) is 4.79 Å². The monoisotopic (exact) mass is 378 g/mol. The predicted molar refractivity (Wildman–Crippen MR) is 92.8 cm³/mol. The highest BCUT2D eigenvalue weighted by molar-refractivity contribution is 6.25. The Morgan fingerprint density at radius 1 is 1.41 bits per heavy atom. The molecule has 0 spiro atoms. The van der Waals surface area contributed by atoms with Crippen molar-refractivity contribution in [2.75, 3.05) is 7.11 Å². The summed E-state index contributed by atoms with van der Waals surface area (Å²) in [6.45, 7) is 3.27. The van der Waals surface area contributed by atoms with E-state index < -0.39 is 35.9 Å². The Morgan fingerprint density at radius 3 is 2.70 bits per heavy atom. The van der Waals surface area contributed by atoms with Gasteiger partial charge in [-0.2, -0.15) is 4.79 Å². The van der Waals surface area contributed by atoms with Crippen LogP contribution in [0.2, 0.25) is 0 Å². The van der Waals surface area contributed by atoms with Gasteiger partial charge < -0.3 is 25.4 Å². The van der Waals surface area contributed by atoms with Gasteiger partial charge >= 0.3 is 12.2 Å². The van der Waals surface area contributed by atoms with E-state index in [0.717, 1.165) is 0 Å². The number of aliphatic hydroxyl groups excluding tert-OH is 1. The number of nitrogens with one attached hydrogen (secondary N) is 1. The molecule has 27 heavy (non-hydrogen) atoms. The highest BCUT2D eigenvalue weighted by Crippen LogP contribution is 2.24. The van der Waals surface area contributed by atoms with E-state index in [9.17, 15) is 19.5 Å². The third-order valence-corrected chi connectivity index (χ3v) is 3.41. The van der Waals surface area contributed by atoms with Crippen LogP contribution in [0.1, 0.15) is 38.4 Å². The maximum atomic E-state index is 12.4. The van der Waals surface area contributed by atoms with Gasteiger partial charge in [0.15, 0.2) is 6.10 Å². The molecule has 0 aliphatic heterocycles. The summed E-state index contributed by atoms with van der Waals surface area (Å²) in [5.41, 5.74) is 8.53. The van der Waals surface area contributed by atoms with Crippen LogP contribution in [-0.2, 0) is 19.1 Å². The van der Waals surface area contributed by atoms with E-state index in [0.29, 0.717) is 6.21 Å². The minimum Gasteiger partial charge on any atom is -0.495 e. The van der Waals surface area contributed by atoms with Gasteiger partial charge in [0.2, 0.25) is 5.78 Å². The maximum absolute atomic E-state index is 12.4. The predicted octanol–water partition coefficient (Wildman–Crippen LogP) is 0.210. The summed E-state index contributed by atoms with van der Waals surface area (Å²) in [4.78, 5) is 42.5. The Morgan fingerprint density at radius 2 is 2.11 bits per heavy atom. The summed E-state index contributed by atoms with van der Waals surface area (Å²) in [6.07, 6.45) is 1.10. The Bertz CT molecular complexity index is 730. The lowest BCUT2D eigenvalue weighted by Gasteiger charge is -2.21. The molecule has 10 nitrogen and oxygen atoms in total. The van der Waals surface area contributed by atoms with E-state index in [-0.39, 0.29) is 24.2 Å². The number of carbonyl (C=O) groups is 3. The van der Waals surface area contributed by atoms with Crippen LogP contribution < -0.4 is 10.1 Å². The first kappa shape index (κ1) is 21.9. The van der Waals surface area contributed by atoms with Gasteiger partial charge in [0.05, 0.1) is 19.4 Å². The quantitative estimate of drug-likeness (QED) is 0.255. The average molecular weight is 378 g/mol. The van der Waals surface area contributed by atoms with E-state index in [1.165, 1.54) is 25.6 Å². The zero-order chi connectivity index (χ0) is 20.4. The molecule has 10 heteroatoms. The number of aromatic nitrogens is 1. The number of aliphatic hydroxyl groups is 1. The summed E-state index contributed by atoms with van der Waals surface area (Å²) in [6, 6.07) is 0.240. The Kier molecular flexibility index (Phi) is 8.77. The van der Waals surface area contributed by atoms with E-state index in [1.807, 2.05) is 0 Å². The fraction of sp³-hybridized carbons (Fsp3) is 0.471. The number of ether oxygens (including phenoxy) is 2. The number of hydrogen-bond donors (Lipinski definition) is 2. The van der Waals surface area contributed by atoms with Crippen LogP contribution in [0.3, 0.4) is 0 Å². The fourth-order valence-corrected chi connectivity index (χ4v) is 2.16. The summed E-state index contributed by atoms with van der Waals surface area (Å²) >= 11 is 0. The first-order valence-corrected chi connectivity index (χ1v) is 8.17. The van der Waals surface area contributed by atoms with Gasteiger partial charge in [0, 0.05) is 18.2 Å². The van der Waals surface area contributed by atoms with E-state index in [2.05, 4.69) is 15.1 Å². The van der Waals surface area contributed by atoms with Crippen molar-refractivity contribution < 1.29 is 33.8 Å². The normalized spacial score (nSPS) is 12.5.